The van der Waals surface area contributed by atoms with Crippen molar-refractivity contribution in [1.82, 2.24) is 34.9 Å². The highest BCUT2D eigenvalue weighted by atomic mass is 32.2. The third-order valence-electron chi connectivity index (χ3n) is 4.96. The number of carboxylic acids is 1. The van der Waals surface area contributed by atoms with Crippen molar-refractivity contribution in [3.05, 3.63) is 23.0 Å². The standard InChI is InChI=1S/C17H23N11O8S2/c1-17(2,14(31)32)36-26-10(8-6-37-16(20)23-8)12(29)24-11-9(28(13(11)30)38(33,34)35)5-27-22-4-7(25-27)3-21-15(18)19/h4,6,9,11H,3,5H2,1-2H3,(H2,20,23)(H,24,29)(H,31,32)(H4,18,19,21)(H,33,34,35)/b26-10-/t9-,11?/m0/s1. The topological polar surface area (TPSA) is 294 Å². The van der Waals surface area contributed by atoms with Crippen LogP contribution in [0.25, 0.3) is 0 Å². The zero-order valence-electron chi connectivity index (χ0n) is 19.7. The number of rotatable bonds is 11. The molecule has 2 amide bonds. The van der Waals surface area contributed by atoms with Crippen LogP contribution in [0.1, 0.15) is 25.2 Å². The number of thiazole rings is 1. The number of guanidine groups is 1. The molecule has 0 radical (unpaired) electrons. The van der Waals surface area contributed by atoms with E-state index in [9.17, 15) is 32.5 Å². The lowest BCUT2D eigenvalue weighted by Gasteiger charge is -2.43. The molecule has 0 bridgehead atoms. The SMILES string of the molecule is CC(C)(O/N=C(\C(=O)NC1C(=O)N(S(=O)(=O)O)[C@H]1Cn1ncc(CNC(=N)N)n1)c1csc(N)n1)C(=O)O. The molecule has 2 aromatic heterocycles. The van der Waals surface area contributed by atoms with Crippen LogP contribution in [-0.2, 0) is 42.6 Å². The number of carboxylic acid groups (broad SMARTS) is 1. The average molecular weight is 574 g/mol. The van der Waals surface area contributed by atoms with Gasteiger partial charge < -0.3 is 32.0 Å². The number of anilines is 1. The van der Waals surface area contributed by atoms with E-state index in [4.69, 9.17) is 21.7 Å². The van der Waals surface area contributed by atoms with Gasteiger partial charge in [-0.2, -0.15) is 23.4 Å². The number of aliphatic carboxylic acids is 1. The summed E-state index contributed by atoms with van der Waals surface area (Å²) in [5.74, 6) is -3.95. The van der Waals surface area contributed by atoms with E-state index >= 15 is 0 Å². The normalized spacial score (nSPS) is 18.0. The first-order valence-electron chi connectivity index (χ1n) is 10.4. The first kappa shape index (κ1) is 28.2. The molecule has 0 aromatic carbocycles. The molecule has 21 heteroatoms. The Labute approximate surface area is 218 Å². The Morgan fingerprint density at radius 3 is 2.63 bits per heavy atom. The van der Waals surface area contributed by atoms with Gasteiger partial charge in [0.2, 0.25) is 5.60 Å². The number of nitrogen functional groups attached to an aromatic ring is 1. The molecule has 0 spiro atoms. The van der Waals surface area contributed by atoms with Gasteiger partial charge in [0.25, 0.3) is 11.8 Å². The van der Waals surface area contributed by atoms with Crippen molar-refractivity contribution in [1.29, 1.82) is 5.41 Å². The second-order valence-electron chi connectivity index (χ2n) is 8.21. The van der Waals surface area contributed by atoms with Crippen LogP contribution >= 0.6 is 11.3 Å². The summed E-state index contributed by atoms with van der Waals surface area (Å²) < 4.78 is 33.3. The summed E-state index contributed by atoms with van der Waals surface area (Å²) in [5.41, 5.74) is 8.66. The Morgan fingerprint density at radius 2 is 2.08 bits per heavy atom. The second kappa shape index (κ2) is 10.5. The summed E-state index contributed by atoms with van der Waals surface area (Å²) in [7, 11) is -5.02. The molecule has 1 unspecified atom stereocenters. The minimum atomic E-state index is -5.02. The second-order valence-corrected chi connectivity index (χ2v) is 10.4. The predicted molar refractivity (Wildman–Crippen MR) is 129 cm³/mol. The number of hydrogen-bond donors (Lipinski definition) is 7. The van der Waals surface area contributed by atoms with Crippen molar-refractivity contribution in [2.75, 3.05) is 5.73 Å². The maximum atomic E-state index is 13.1. The van der Waals surface area contributed by atoms with Crippen LogP contribution < -0.4 is 22.1 Å². The first-order chi connectivity index (χ1) is 17.6. The maximum Gasteiger partial charge on any atom is 0.362 e. The van der Waals surface area contributed by atoms with E-state index in [1.165, 1.54) is 25.4 Å². The number of aromatic nitrogens is 4. The van der Waals surface area contributed by atoms with E-state index in [1.807, 2.05) is 0 Å². The van der Waals surface area contributed by atoms with E-state index < -0.39 is 51.5 Å². The molecule has 1 saturated heterocycles. The molecule has 1 aliphatic rings. The summed E-state index contributed by atoms with van der Waals surface area (Å²) in [5, 5.41) is 34.2. The lowest BCUT2D eigenvalue weighted by atomic mass is 9.98. The highest BCUT2D eigenvalue weighted by Crippen LogP contribution is 2.25. The van der Waals surface area contributed by atoms with E-state index in [0.29, 0.717) is 5.69 Å². The summed E-state index contributed by atoms with van der Waals surface area (Å²) >= 11 is 0.943. The largest absolute Gasteiger partial charge is 0.478 e. The quantitative estimate of drug-likeness (QED) is 0.0466. The number of β-lactam (4-membered cyclic amide) rings is 1. The minimum absolute atomic E-state index is 0.0321. The number of hydrogen-bond acceptors (Lipinski definition) is 13. The van der Waals surface area contributed by atoms with Crippen LogP contribution in [0.3, 0.4) is 0 Å². The maximum absolute atomic E-state index is 13.1. The average Bonchev–Trinajstić information content (AvgIpc) is 3.43. The van der Waals surface area contributed by atoms with Crippen molar-refractivity contribution in [2.24, 2.45) is 10.9 Å². The first-order valence-corrected chi connectivity index (χ1v) is 12.7. The van der Waals surface area contributed by atoms with Gasteiger partial charge in [-0.15, -0.1) is 11.3 Å². The van der Waals surface area contributed by atoms with E-state index in [-0.39, 0.29) is 34.2 Å². The molecule has 206 valence electrons. The number of nitrogens with two attached hydrogens (primary N) is 2. The van der Waals surface area contributed by atoms with Crippen LogP contribution in [0.15, 0.2) is 16.7 Å². The molecule has 38 heavy (non-hydrogen) atoms. The van der Waals surface area contributed by atoms with Gasteiger partial charge in [0.15, 0.2) is 16.8 Å². The predicted octanol–water partition coefficient (Wildman–Crippen LogP) is -2.92. The van der Waals surface area contributed by atoms with Crippen molar-refractivity contribution in [3.8, 4) is 0 Å². The number of carbonyl (C=O) groups excluding carboxylic acids is 2. The molecular weight excluding hydrogens is 550 g/mol. The van der Waals surface area contributed by atoms with Gasteiger partial charge in [-0.25, -0.2) is 14.1 Å². The Morgan fingerprint density at radius 1 is 1.39 bits per heavy atom. The van der Waals surface area contributed by atoms with Gasteiger partial charge in [0, 0.05) is 5.38 Å². The number of carbonyl (C=O) groups is 3. The lowest BCUT2D eigenvalue weighted by molar-refractivity contribution is -0.161. The summed E-state index contributed by atoms with van der Waals surface area (Å²) in [6, 6.07) is -2.86. The van der Waals surface area contributed by atoms with E-state index in [0.717, 1.165) is 16.1 Å². The molecule has 0 aliphatic carbocycles. The third-order valence-corrected chi connectivity index (χ3v) is 6.58. The van der Waals surface area contributed by atoms with Gasteiger partial charge in [-0.3, -0.25) is 19.6 Å². The van der Waals surface area contributed by atoms with Crippen LogP contribution in [0.5, 0.6) is 0 Å². The zero-order chi connectivity index (χ0) is 28.4. The van der Waals surface area contributed by atoms with Gasteiger partial charge in [-0.1, -0.05) is 5.16 Å². The van der Waals surface area contributed by atoms with Crippen molar-refractivity contribution < 1.29 is 37.3 Å². The Kier molecular flexibility index (Phi) is 7.83. The van der Waals surface area contributed by atoms with E-state index in [2.05, 4.69) is 31.0 Å². The fourth-order valence-corrected chi connectivity index (χ4v) is 4.42. The van der Waals surface area contributed by atoms with E-state index in [1.54, 1.807) is 0 Å². The smallest absolute Gasteiger partial charge is 0.362 e. The zero-order valence-corrected chi connectivity index (χ0v) is 21.4. The van der Waals surface area contributed by atoms with Crippen LogP contribution in [0.4, 0.5) is 5.13 Å². The molecule has 19 nitrogen and oxygen atoms in total. The van der Waals surface area contributed by atoms with Crippen LogP contribution in [0.2, 0.25) is 0 Å². The number of nitrogens with zero attached hydrogens (tertiary/aromatic N) is 6. The monoisotopic (exact) mass is 573 g/mol. The number of oxime groups is 1. The fraction of sp³-hybridized carbons (Fsp3) is 0.412. The van der Waals surface area contributed by atoms with Crippen molar-refractivity contribution >= 4 is 56.2 Å². The lowest BCUT2D eigenvalue weighted by Crippen LogP contribution is -2.73. The van der Waals surface area contributed by atoms with Crippen molar-refractivity contribution in [3.63, 3.8) is 0 Å². The molecule has 3 heterocycles. The molecule has 1 fully saturated rings. The summed E-state index contributed by atoms with van der Waals surface area (Å²) in [6.45, 7) is 2.01. The molecule has 0 saturated carbocycles. The van der Waals surface area contributed by atoms with Gasteiger partial charge >= 0.3 is 16.3 Å². The Hall–Kier alpha value is -4.37. The molecular formula is C17H23N11O8S2. The van der Waals surface area contributed by atoms with Crippen molar-refractivity contribution in [2.45, 2.75) is 44.6 Å². The number of amides is 2. The summed E-state index contributed by atoms with van der Waals surface area (Å²) in [4.78, 5) is 47.0. The molecule has 2 atom stereocenters. The molecule has 1 aliphatic heterocycles. The van der Waals surface area contributed by atoms with Gasteiger partial charge in [0.1, 0.15) is 23.5 Å². The highest BCUT2D eigenvalue weighted by Gasteiger charge is 2.54. The fourth-order valence-electron chi connectivity index (χ4n) is 3.01. The molecule has 9 N–H and O–H groups in total. The Balaban J connectivity index is 1.85. The van der Waals surface area contributed by atoms with Gasteiger partial charge in [0.05, 0.1) is 19.3 Å². The Bertz CT molecular complexity index is 1400. The minimum Gasteiger partial charge on any atom is -0.478 e. The molecule has 3 rings (SSSR count). The van der Waals surface area contributed by atoms with Crippen LogP contribution in [0, 0.1) is 5.41 Å². The molecule has 2 aromatic rings. The van der Waals surface area contributed by atoms with Gasteiger partial charge in [-0.05, 0) is 13.8 Å². The third kappa shape index (κ3) is 6.30. The number of nitrogens with one attached hydrogen (secondary N) is 3. The highest BCUT2D eigenvalue weighted by molar-refractivity contribution is 7.84. The van der Waals surface area contributed by atoms with Crippen LogP contribution in [-0.4, -0.2) is 89.5 Å². The summed E-state index contributed by atoms with van der Waals surface area (Å²) in [6.07, 6.45) is 1.29.